The molecule has 0 aliphatic rings. The molecule has 1 heterocycles. The molecular formula is C13H16ClN3O2. The summed E-state index contributed by atoms with van der Waals surface area (Å²) in [5.41, 5.74) is 1.63. The molecule has 0 spiro atoms. The molecule has 2 N–H and O–H groups in total. The summed E-state index contributed by atoms with van der Waals surface area (Å²) in [6, 6.07) is 5.29. The molecule has 0 unspecified atom stereocenters. The van der Waals surface area contributed by atoms with Crippen LogP contribution in [0.25, 0.3) is 0 Å². The number of nitrogens with one attached hydrogen (secondary N) is 1. The van der Waals surface area contributed by atoms with E-state index in [1.807, 2.05) is 12.3 Å². The first kappa shape index (κ1) is 13.7. The number of anilines is 1. The van der Waals surface area contributed by atoms with Crippen molar-refractivity contribution in [1.29, 1.82) is 0 Å². The van der Waals surface area contributed by atoms with E-state index < -0.39 is 0 Å². The van der Waals surface area contributed by atoms with Crippen LogP contribution in [0.3, 0.4) is 0 Å². The predicted molar refractivity (Wildman–Crippen MR) is 74.5 cm³/mol. The van der Waals surface area contributed by atoms with Gasteiger partial charge in [0.15, 0.2) is 0 Å². The van der Waals surface area contributed by atoms with E-state index in [2.05, 4.69) is 10.4 Å². The van der Waals surface area contributed by atoms with Crippen LogP contribution in [0.4, 0.5) is 5.69 Å². The number of para-hydroxylation sites is 1. The Kier molecular flexibility index (Phi) is 4.65. The molecule has 2 rings (SSSR count). The van der Waals surface area contributed by atoms with E-state index >= 15 is 0 Å². The molecule has 0 aliphatic heterocycles. The van der Waals surface area contributed by atoms with Gasteiger partial charge in [-0.05, 0) is 6.07 Å². The molecule has 1 aromatic carbocycles. The molecule has 1 aromatic heterocycles. The Labute approximate surface area is 116 Å². The molecule has 6 heteroatoms. The number of phenols is 1. The molecule has 2 aromatic rings. The summed E-state index contributed by atoms with van der Waals surface area (Å²) in [5, 5.41) is 17.5. The van der Waals surface area contributed by atoms with Gasteiger partial charge in [-0.15, -0.1) is 0 Å². The summed E-state index contributed by atoms with van der Waals surface area (Å²) in [5.74, 6) is 0.114. The van der Waals surface area contributed by atoms with Crippen molar-refractivity contribution in [3.8, 4) is 5.75 Å². The van der Waals surface area contributed by atoms with Crippen LogP contribution in [-0.4, -0.2) is 28.6 Å². The lowest BCUT2D eigenvalue weighted by atomic mass is 10.2. The van der Waals surface area contributed by atoms with Gasteiger partial charge in [-0.2, -0.15) is 5.10 Å². The standard InChI is InChI=1S/C13H16ClN3O2/c1-19-6-5-17-9-11(8-16-17)15-7-10-3-2-4-12(14)13(10)18/h2-4,8-9,15,18H,5-7H2,1H3. The van der Waals surface area contributed by atoms with Gasteiger partial charge in [-0.25, -0.2) is 0 Å². The Bertz CT molecular complexity index is 542. The number of halogens is 1. The molecule has 5 nitrogen and oxygen atoms in total. The summed E-state index contributed by atoms with van der Waals surface area (Å²) in [6.45, 7) is 1.82. The number of nitrogens with zero attached hydrogens (tertiary/aromatic N) is 2. The zero-order chi connectivity index (χ0) is 13.7. The summed E-state index contributed by atoms with van der Waals surface area (Å²) >= 11 is 5.85. The Morgan fingerprint density at radius 1 is 1.47 bits per heavy atom. The van der Waals surface area contributed by atoms with E-state index in [-0.39, 0.29) is 5.75 Å². The van der Waals surface area contributed by atoms with Crippen molar-refractivity contribution in [3.05, 3.63) is 41.2 Å². The van der Waals surface area contributed by atoms with Crippen molar-refractivity contribution >= 4 is 17.3 Å². The Hall–Kier alpha value is -1.72. The van der Waals surface area contributed by atoms with Crippen molar-refractivity contribution in [1.82, 2.24) is 9.78 Å². The van der Waals surface area contributed by atoms with Gasteiger partial charge in [0.05, 0.1) is 30.1 Å². The molecule has 0 bridgehead atoms. The summed E-state index contributed by atoms with van der Waals surface area (Å²) in [7, 11) is 1.66. The second-order valence-electron chi connectivity index (χ2n) is 4.09. The number of hydrogen-bond donors (Lipinski definition) is 2. The smallest absolute Gasteiger partial charge is 0.139 e. The van der Waals surface area contributed by atoms with E-state index in [9.17, 15) is 5.11 Å². The molecule has 19 heavy (non-hydrogen) atoms. The maximum Gasteiger partial charge on any atom is 0.139 e. The zero-order valence-corrected chi connectivity index (χ0v) is 11.4. The number of aromatic hydroxyl groups is 1. The third kappa shape index (κ3) is 3.62. The fourth-order valence-corrected chi connectivity index (χ4v) is 1.86. The molecule has 0 saturated carbocycles. The second-order valence-corrected chi connectivity index (χ2v) is 4.49. The lowest BCUT2D eigenvalue weighted by Gasteiger charge is -2.07. The van der Waals surface area contributed by atoms with E-state index in [0.29, 0.717) is 24.7 Å². The van der Waals surface area contributed by atoms with Gasteiger partial charge in [0.2, 0.25) is 0 Å². The number of aromatic nitrogens is 2. The second kappa shape index (κ2) is 6.45. The third-order valence-corrected chi connectivity index (χ3v) is 3.02. The van der Waals surface area contributed by atoms with Gasteiger partial charge in [-0.1, -0.05) is 23.7 Å². The van der Waals surface area contributed by atoms with Crippen LogP contribution in [0.2, 0.25) is 5.02 Å². The molecule has 0 amide bonds. The molecule has 0 radical (unpaired) electrons. The maximum atomic E-state index is 9.79. The van der Waals surface area contributed by atoms with E-state index in [4.69, 9.17) is 16.3 Å². The average molecular weight is 282 g/mol. The fourth-order valence-electron chi connectivity index (χ4n) is 1.66. The molecule has 0 aliphatic carbocycles. The van der Waals surface area contributed by atoms with Gasteiger partial charge in [-0.3, -0.25) is 4.68 Å². The summed E-state index contributed by atoms with van der Waals surface area (Å²) in [4.78, 5) is 0. The van der Waals surface area contributed by atoms with E-state index in [1.165, 1.54) is 0 Å². The molecule has 0 fully saturated rings. The van der Waals surface area contributed by atoms with Crippen LogP contribution in [-0.2, 0) is 17.8 Å². The number of methoxy groups -OCH3 is 1. The average Bonchev–Trinajstić information content (AvgIpc) is 2.86. The highest BCUT2D eigenvalue weighted by atomic mass is 35.5. The summed E-state index contributed by atoms with van der Waals surface area (Å²) < 4.78 is 6.78. The van der Waals surface area contributed by atoms with Gasteiger partial charge >= 0.3 is 0 Å². The normalized spacial score (nSPS) is 10.6. The number of rotatable bonds is 6. The highest BCUT2D eigenvalue weighted by Gasteiger charge is 2.05. The zero-order valence-electron chi connectivity index (χ0n) is 10.6. The minimum Gasteiger partial charge on any atom is -0.506 e. The van der Waals surface area contributed by atoms with Crippen molar-refractivity contribution in [3.63, 3.8) is 0 Å². The number of phenolic OH excluding ortho intramolecular Hbond substituents is 1. The molecule has 102 valence electrons. The Morgan fingerprint density at radius 3 is 3.11 bits per heavy atom. The van der Waals surface area contributed by atoms with Gasteiger partial charge in [0.1, 0.15) is 5.75 Å². The van der Waals surface area contributed by atoms with Gasteiger partial charge < -0.3 is 15.2 Å². The van der Waals surface area contributed by atoms with Crippen LogP contribution < -0.4 is 5.32 Å². The monoisotopic (exact) mass is 281 g/mol. The van der Waals surface area contributed by atoms with Crippen LogP contribution in [0, 0.1) is 0 Å². The first-order chi connectivity index (χ1) is 9.20. The molecular weight excluding hydrogens is 266 g/mol. The minimum atomic E-state index is 0.114. The first-order valence-corrected chi connectivity index (χ1v) is 6.30. The van der Waals surface area contributed by atoms with Crippen molar-refractivity contribution < 1.29 is 9.84 Å². The summed E-state index contributed by atoms with van der Waals surface area (Å²) in [6.07, 6.45) is 3.62. The first-order valence-electron chi connectivity index (χ1n) is 5.92. The topological polar surface area (TPSA) is 59.3 Å². The van der Waals surface area contributed by atoms with Gasteiger partial charge in [0, 0.05) is 25.4 Å². The highest BCUT2D eigenvalue weighted by molar-refractivity contribution is 6.32. The van der Waals surface area contributed by atoms with Crippen LogP contribution >= 0.6 is 11.6 Å². The quantitative estimate of drug-likeness (QED) is 0.854. The third-order valence-electron chi connectivity index (χ3n) is 2.71. The Morgan fingerprint density at radius 2 is 2.32 bits per heavy atom. The van der Waals surface area contributed by atoms with E-state index in [1.54, 1.807) is 30.1 Å². The van der Waals surface area contributed by atoms with Crippen LogP contribution in [0.5, 0.6) is 5.75 Å². The Balaban J connectivity index is 1.95. The van der Waals surface area contributed by atoms with Crippen molar-refractivity contribution in [2.75, 3.05) is 19.0 Å². The van der Waals surface area contributed by atoms with Crippen molar-refractivity contribution in [2.24, 2.45) is 0 Å². The molecule has 0 atom stereocenters. The van der Waals surface area contributed by atoms with Gasteiger partial charge in [0.25, 0.3) is 0 Å². The lowest BCUT2D eigenvalue weighted by Crippen LogP contribution is -2.04. The minimum absolute atomic E-state index is 0.114. The van der Waals surface area contributed by atoms with Crippen LogP contribution in [0.1, 0.15) is 5.56 Å². The van der Waals surface area contributed by atoms with Crippen LogP contribution in [0.15, 0.2) is 30.6 Å². The fraction of sp³-hybridized carbons (Fsp3) is 0.308. The highest BCUT2D eigenvalue weighted by Crippen LogP contribution is 2.27. The largest absolute Gasteiger partial charge is 0.506 e. The maximum absolute atomic E-state index is 9.79. The lowest BCUT2D eigenvalue weighted by molar-refractivity contribution is 0.183. The van der Waals surface area contributed by atoms with E-state index in [0.717, 1.165) is 11.3 Å². The number of ether oxygens (including phenoxy) is 1. The number of benzene rings is 1. The van der Waals surface area contributed by atoms with Crippen molar-refractivity contribution in [2.45, 2.75) is 13.1 Å². The SMILES string of the molecule is COCCn1cc(NCc2cccc(Cl)c2O)cn1. The predicted octanol–water partition coefficient (Wildman–Crippen LogP) is 2.50. The molecule has 0 saturated heterocycles. The number of hydrogen-bond acceptors (Lipinski definition) is 4.